The summed E-state index contributed by atoms with van der Waals surface area (Å²) in [6.07, 6.45) is 0. The van der Waals surface area contributed by atoms with Crippen molar-refractivity contribution in [3.05, 3.63) is 63.7 Å². The van der Waals surface area contributed by atoms with Gasteiger partial charge in [-0.15, -0.1) is 11.8 Å². The lowest BCUT2D eigenvalue weighted by atomic mass is 9.99. The Labute approximate surface area is 129 Å². The summed E-state index contributed by atoms with van der Waals surface area (Å²) in [4.78, 5) is 13.3. The molecule has 3 heteroatoms. The van der Waals surface area contributed by atoms with E-state index in [1.54, 1.807) is 0 Å². The summed E-state index contributed by atoms with van der Waals surface area (Å²) < 4.78 is 0. The van der Waals surface area contributed by atoms with Gasteiger partial charge in [0.2, 0.25) is 0 Å². The SMILES string of the molecule is Cc1cc(C)c(C(=O)CSc2ccccc2Cl)cc1C. The molecule has 2 aromatic rings. The molecule has 0 saturated heterocycles. The molecular weight excluding hydrogens is 288 g/mol. The summed E-state index contributed by atoms with van der Waals surface area (Å²) in [6, 6.07) is 11.7. The second-order valence-electron chi connectivity index (χ2n) is 4.89. The van der Waals surface area contributed by atoms with Crippen LogP contribution in [0.2, 0.25) is 5.02 Å². The molecule has 0 unspecified atom stereocenters. The van der Waals surface area contributed by atoms with Crippen LogP contribution in [0.25, 0.3) is 0 Å². The smallest absolute Gasteiger partial charge is 0.173 e. The van der Waals surface area contributed by atoms with Gasteiger partial charge >= 0.3 is 0 Å². The van der Waals surface area contributed by atoms with E-state index in [0.29, 0.717) is 10.8 Å². The Morgan fingerprint density at radius 3 is 2.40 bits per heavy atom. The maximum absolute atomic E-state index is 12.3. The van der Waals surface area contributed by atoms with Crippen molar-refractivity contribution >= 4 is 29.1 Å². The van der Waals surface area contributed by atoms with Gasteiger partial charge in [0.25, 0.3) is 0 Å². The van der Waals surface area contributed by atoms with E-state index in [1.165, 1.54) is 17.3 Å². The highest BCUT2D eigenvalue weighted by Crippen LogP contribution is 2.27. The molecule has 104 valence electrons. The summed E-state index contributed by atoms with van der Waals surface area (Å²) in [5.41, 5.74) is 4.23. The van der Waals surface area contributed by atoms with Gasteiger partial charge in [0.1, 0.15) is 0 Å². The van der Waals surface area contributed by atoms with Crippen LogP contribution in [-0.4, -0.2) is 11.5 Å². The number of hydrogen-bond acceptors (Lipinski definition) is 2. The van der Waals surface area contributed by atoms with E-state index < -0.39 is 0 Å². The summed E-state index contributed by atoms with van der Waals surface area (Å²) >= 11 is 7.59. The average molecular weight is 305 g/mol. The number of ketones is 1. The van der Waals surface area contributed by atoms with Crippen LogP contribution in [0.3, 0.4) is 0 Å². The third-order valence-corrected chi connectivity index (χ3v) is 4.85. The molecule has 0 aliphatic heterocycles. The fraction of sp³-hybridized carbons (Fsp3) is 0.235. The molecule has 0 radical (unpaired) electrons. The molecule has 0 atom stereocenters. The molecule has 0 amide bonds. The molecule has 20 heavy (non-hydrogen) atoms. The molecule has 1 nitrogen and oxygen atoms in total. The zero-order valence-electron chi connectivity index (χ0n) is 11.9. The summed E-state index contributed by atoms with van der Waals surface area (Å²) in [5, 5.41) is 0.696. The van der Waals surface area contributed by atoms with Crippen LogP contribution in [-0.2, 0) is 0 Å². The molecule has 0 heterocycles. The lowest BCUT2D eigenvalue weighted by Crippen LogP contribution is -2.06. The average Bonchev–Trinajstić information content (AvgIpc) is 2.41. The van der Waals surface area contributed by atoms with Crippen LogP contribution in [0.1, 0.15) is 27.0 Å². The minimum absolute atomic E-state index is 0.149. The molecule has 0 aliphatic rings. The largest absolute Gasteiger partial charge is 0.293 e. The van der Waals surface area contributed by atoms with E-state index in [4.69, 9.17) is 11.6 Å². The van der Waals surface area contributed by atoms with Gasteiger partial charge in [-0.1, -0.05) is 29.8 Å². The van der Waals surface area contributed by atoms with Crippen LogP contribution in [0.5, 0.6) is 0 Å². The highest BCUT2D eigenvalue weighted by molar-refractivity contribution is 8.00. The Morgan fingerprint density at radius 1 is 1.05 bits per heavy atom. The van der Waals surface area contributed by atoms with E-state index in [0.717, 1.165) is 21.6 Å². The van der Waals surface area contributed by atoms with Crippen LogP contribution in [0.15, 0.2) is 41.3 Å². The number of aryl methyl sites for hydroxylation is 3. The quantitative estimate of drug-likeness (QED) is 0.567. The summed E-state index contributed by atoms with van der Waals surface area (Å²) in [6.45, 7) is 6.08. The Hall–Kier alpha value is -1.25. The van der Waals surface area contributed by atoms with Gasteiger partial charge in [0, 0.05) is 10.5 Å². The number of carbonyl (C=O) groups excluding carboxylic acids is 1. The van der Waals surface area contributed by atoms with Gasteiger partial charge in [-0.2, -0.15) is 0 Å². The molecule has 0 aromatic heterocycles. The Balaban J connectivity index is 2.13. The number of hydrogen-bond donors (Lipinski definition) is 0. The number of benzene rings is 2. The Bertz CT molecular complexity index is 649. The van der Waals surface area contributed by atoms with Crippen molar-refractivity contribution in [1.82, 2.24) is 0 Å². The molecular formula is C17H17ClOS. The molecule has 0 aliphatic carbocycles. The lowest BCUT2D eigenvalue weighted by molar-refractivity contribution is 0.102. The third kappa shape index (κ3) is 3.44. The van der Waals surface area contributed by atoms with Gasteiger partial charge in [-0.05, 0) is 55.7 Å². The second-order valence-corrected chi connectivity index (χ2v) is 6.32. The minimum atomic E-state index is 0.149. The van der Waals surface area contributed by atoms with Crippen molar-refractivity contribution in [2.45, 2.75) is 25.7 Å². The van der Waals surface area contributed by atoms with Gasteiger partial charge in [-0.25, -0.2) is 0 Å². The first-order chi connectivity index (χ1) is 9.49. The number of halogens is 1. The molecule has 2 aromatic carbocycles. The Kier molecular flexibility index (Phi) is 4.90. The molecule has 0 fully saturated rings. The zero-order chi connectivity index (χ0) is 14.7. The van der Waals surface area contributed by atoms with Crippen molar-refractivity contribution in [2.75, 3.05) is 5.75 Å². The zero-order valence-corrected chi connectivity index (χ0v) is 13.4. The highest BCUT2D eigenvalue weighted by Gasteiger charge is 2.12. The fourth-order valence-electron chi connectivity index (χ4n) is 2.04. The van der Waals surface area contributed by atoms with Crippen LogP contribution < -0.4 is 0 Å². The van der Waals surface area contributed by atoms with Crippen molar-refractivity contribution < 1.29 is 4.79 Å². The summed E-state index contributed by atoms with van der Waals surface area (Å²) in [5.74, 6) is 0.558. The predicted octanol–water partition coefficient (Wildman–Crippen LogP) is 5.24. The number of carbonyl (C=O) groups is 1. The summed E-state index contributed by atoms with van der Waals surface area (Å²) in [7, 11) is 0. The van der Waals surface area contributed by atoms with Crippen molar-refractivity contribution in [3.8, 4) is 0 Å². The Morgan fingerprint density at radius 2 is 1.70 bits per heavy atom. The molecule has 2 rings (SSSR count). The normalized spacial score (nSPS) is 10.6. The molecule has 0 spiro atoms. The first-order valence-corrected chi connectivity index (χ1v) is 7.84. The van der Waals surface area contributed by atoms with Crippen LogP contribution in [0, 0.1) is 20.8 Å². The van der Waals surface area contributed by atoms with Crippen molar-refractivity contribution in [3.63, 3.8) is 0 Å². The molecule has 0 bridgehead atoms. The number of rotatable bonds is 4. The van der Waals surface area contributed by atoms with E-state index >= 15 is 0 Å². The van der Waals surface area contributed by atoms with E-state index in [9.17, 15) is 4.79 Å². The highest BCUT2D eigenvalue weighted by atomic mass is 35.5. The first kappa shape index (κ1) is 15.1. The van der Waals surface area contributed by atoms with E-state index in [1.807, 2.05) is 44.2 Å². The molecule has 0 saturated carbocycles. The second kappa shape index (κ2) is 6.47. The monoisotopic (exact) mass is 304 g/mol. The maximum atomic E-state index is 12.3. The van der Waals surface area contributed by atoms with E-state index in [-0.39, 0.29) is 5.78 Å². The van der Waals surface area contributed by atoms with Gasteiger partial charge in [-0.3, -0.25) is 4.79 Å². The van der Waals surface area contributed by atoms with Crippen molar-refractivity contribution in [1.29, 1.82) is 0 Å². The van der Waals surface area contributed by atoms with Gasteiger partial charge < -0.3 is 0 Å². The predicted molar refractivity (Wildman–Crippen MR) is 87.2 cm³/mol. The van der Waals surface area contributed by atoms with Gasteiger partial charge in [0.05, 0.1) is 10.8 Å². The van der Waals surface area contributed by atoms with E-state index in [2.05, 4.69) is 13.0 Å². The first-order valence-electron chi connectivity index (χ1n) is 6.47. The lowest BCUT2D eigenvalue weighted by Gasteiger charge is -2.09. The third-order valence-electron chi connectivity index (χ3n) is 3.34. The number of Topliss-reactive ketones (excluding diaryl/α,β-unsaturated/α-hetero) is 1. The van der Waals surface area contributed by atoms with Crippen LogP contribution in [0.4, 0.5) is 0 Å². The minimum Gasteiger partial charge on any atom is -0.293 e. The van der Waals surface area contributed by atoms with Gasteiger partial charge in [0.15, 0.2) is 5.78 Å². The number of thioether (sulfide) groups is 1. The maximum Gasteiger partial charge on any atom is 0.173 e. The molecule has 0 N–H and O–H groups in total. The topological polar surface area (TPSA) is 17.1 Å². The standard InChI is InChI=1S/C17H17ClOS/c1-11-8-13(3)14(9-12(11)2)16(19)10-20-17-7-5-4-6-15(17)18/h4-9H,10H2,1-3H3. The van der Waals surface area contributed by atoms with Crippen LogP contribution >= 0.6 is 23.4 Å². The fourth-order valence-corrected chi connectivity index (χ4v) is 3.17. The van der Waals surface area contributed by atoms with Crippen molar-refractivity contribution in [2.24, 2.45) is 0 Å².